The van der Waals surface area contributed by atoms with Gasteiger partial charge < -0.3 is 11.1 Å². The van der Waals surface area contributed by atoms with E-state index in [0.29, 0.717) is 23.9 Å². The summed E-state index contributed by atoms with van der Waals surface area (Å²) in [5, 5.41) is 2.54. The van der Waals surface area contributed by atoms with E-state index in [0.717, 1.165) is 6.42 Å². The van der Waals surface area contributed by atoms with Crippen LogP contribution in [0.3, 0.4) is 0 Å². The van der Waals surface area contributed by atoms with E-state index in [1.165, 1.54) is 6.07 Å². The zero-order chi connectivity index (χ0) is 12.0. The molecule has 16 heavy (non-hydrogen) atoms. The Morgan fingerprint density at radius 2 is 2.19 bits per heavy atom. The Bertz CT molecular complexity index is 351. The largest absolute Gasteiger partial charge is 0.330 e. The number of anilines is 1. The van der Waals surface area contributed by atoms with Crippen LogP contribution in [0.4, 0.5) is 10.1 Å². The van der Waals surface area contributed by atoms with Crippen LogP contribution in [0.2, 0.25) is 0 Å². The van der Waals surface area contributed by atoms with Crippen molar-refractivity contribution in [1.82, 2.24) is 0 Å². The van der Waals surface area contributed by atoms with Crippen molar-refractivity contribution in [3.05, 3.63) is 28.5 Å². The lowest BCUT2D eigenvalue weighted by Crippen LogP contribution is -2.13. The van der Waals surface area contributed by atoms with Crippen molar-refractivity contribution in [2.24, 2.45) is 5.73 Å². The van der Waals surface area contributed by atoms with Crippen molar-refractivity contribution in [3.63, 3.8) is 0 Å². The van der Waals surface area contributed by atoms with E-state index in [2.05, 4.69) is 21.2 Å². The highest BCUT2D eigenvalue weighted by Gasteiger charge is 2.09. The van der Waals surface area contributed by atoms with Crippen LogP contribution in [-0.2, 0) is 4.79 Å². The number of hydrogen-bond acceptors (Lipinski definition) is 2. The van der Waals surface area contributed by atoms with Crippen LogP contribution in [0.15, 0.2) is 22.7 Å². The average Bonchev–Trinajstić information content (AvgIpc) is 2.24. The molecule has 88 valence electrons. The van der Waals surface area contributed by atoms with Gasteiger partial charge in [0.2, 0.25) is 5.91 Å². The van der Waals surface area contributed by atoms with Crippen molar-refractivity contribution < 1.29 is 9.18 Å². The van der Waals surface area contributed by atoms with Gasteiger partial charge in [0.1, 0.15) is 5.82 Å². The Hall–Kier alpha value is -0.940. The monoisotopic (exact) mass is 288 g/mol. The maximum Gasteiger partial charge on any atom is 0.224 e. The maximum absolute atomic E-state index is 13.3. The van der Waals surface area contributed by atoms with Gasteiger partial charge in [-0.25, -0.2) is 4.39 Å². The molecule has 3 nitrogen and oxygen atoms in total. The van der Waals surface area contributed by atoms with Gasteiger partial charge in [0.05, 0.1) is 5.69 Å². The van der Waals surface area contributed by atoms with Crippen LogP contribution in [0.1, 0.15) is 19.3 Å². The summed E-state index contributed by atoms with van der Waals surface area (Å²) >= 11 is 3.18. The number of nitrogens with one attached hydrogen (secondary N) is 1. The molecule has 0 unspecified atom stereocenters. The van der Waals surface area contributed by atoms with Crippen molar-refractivity contribution in [3.8, 4) is 0 Å². The van der Waals surface area contributed by atoms with Gasteiger partial charge in [-0.2, -0.15) is 0 Å². The summed E-state index contributed by atoms with van der Waals surface area (Å²) in [6, 6.07) is 4.56. The van der Waals surface area contributed by atoms with E-state index in [1.54, 1.807) is 12.1 Å². The second kappa shape index (κ2) is 6.60. The number of carbonyl (C=O) groups excluding carboxylic acids is 1. The van der Waals surface area contributed by atoms with Crippen LogP contribution >= 0.6 is 15.9 Å². The summed E-state index contributed by atoms with van der Waals surface area (Å²) < 4.78 is 13.9. The van der Waals surface area contributed by atoms with E-state index in [-0.39, 0.29) is 11.6 Å². The predicted molar refractivity (Wildman–Crippen MR) is 65.6 cm³/mol. The van der Waals surface area contributed by atoms with E-state index < -0.39 is 5.82 Å². The first-order valence-electron chi connectivity index (χ1n) is 5.09. The number of nitrogens with two attached hydrogens (primary N) is 1. The topological polar surface area (TPSA) is 55.1 Å². The lowest BCUT2D eigenvalue weighted by Gasteiger charge is -2.08. The van der Waals surface area contributed by atoms with Gasteiger partial charge in [0, 0.05) is 10.9 Å². The first kappa shape index (κ1) is 13.1. The third kappa shape index (κ3) is 3.90. The predicted octanol–water partition coefficient (Wildman–Crippen LogP) is 2.66. The van der Waals surface area contributed by atoms with Gasteiger partial charge in [-0.1, -0.05) is 6.07 Å². The molecular weight excluding hydrogens is 275 g/mol. The molecule has 0 spiro atoms. The van der Waals surface area contributed by atoms with Crippen molar-refractivity contribution in [2.45, 2.75) is 19.3 Å². The summed E-state index contributed by atoms with van der Waals surface area (Å²) in [5.74, 6) is -0.638. The highest BCUT2D eigenvalue weighted by molar-refractivity contribution is 9.10. The molecule has 0 saturated heterocycles. The molecule has 0 saturated carbocycles. The van der Waals surface area contributed by atoms with Crippen molar-refractivity contribution >= 4 is 27.5 Å². The third-order valence-electron chi connectivity index (χ3n) is 2.09. The second-order valence-corrected chi connectivity index (χ2v) is 4.24. The quantitative estimate of drug-likeness (QED) is 0.819. The van der Waals surface area contributed by atoms with Gasteiger partial charge in [0.15, 0.2) is 0 Å². The summed E-state index contributed by atoms with van der Waals surface area (Å²) in [5.41, 5.74) is 5.51. The van der Waals surface area contributed by atoms with Crippen LogP contribution < -0.4 is 11.1 Å². The standard InChI is InChI=1S/C11H14BrFN2O/c12-8-4-3-5-9(13)11(8)15-10(16)6-1-2-7-14/h3-5H,1-2,6-7,14H2,(H,15,16). The molecule has 0 atom stereocenters. The number of halogens is 2. The Balaban J connectivity index is 2.56. The molecular formula is C11H14BrFN2O. The van der Waals surface area contributed by atoms with E-state index in [9.17, 15) is 9.18 Å². The van der Waals surface area contributed by atoms with Gasteiger partial charge in [0.25, 0.3) is 0 Å². The average molecular weight is 289 g/mol. The first-order valence-corrected chi connectivity index (χ1v) is 5.88. The normalized spacial score (nSPS) is 10.2. The molecule has 5 heteroatoms. The van der Waals surface area contributed by atoms with Crippen LogP contribution in [0, 0.1) is 5.82 Å². The molecule has 0 radical (unpaired) electrons. The summed E-state index contributed by atoms with van der Waals surface area (Å²) in [7, 11) is 0. The smallest absolute Gasteiger partial charge is 0.224 e. The zero-order valence-corrected chi connectivity index (χ0v) is 10.4. The molecule has 1 aromatic rings. The molecule has 1 amide bonds. The Morgan fingerprint density at radius 1 is 1.44 bits per heavy atom. The molecule has 0 aliphatic carbocycles. The third-order valence-corrected chi connectivity index (χ3v) is 2.75. The minimum Gasteiger partial charge on any atom is -0.330 e. The summed E-state index contributed by atoms with van der Waals surface area (Å²) in [6.45, 7) is 0.566. The van der Waals surface area contributed by atoms with Crippen LogP contribution in [0.5, 0.6) is 0 Å². The minimum absolute atomic E-state index is 0.195. The van der Waals surface area contributed by atoms with Crippen molar-refractivity contribution in [2.75, 3.05) is 11.9 Å². The zero-order valence-electron chi connectivity index (χ0n) is 8.80. The fourth-order valence-electron chi connectivity index (χ4n) is 1.25. The fourth-order valence-corrected chi connectivity index (χ4v) is 1.69. The van der Waals surface area contributed by atoms with Gasteiger partial charge in [-0.3, -0.25) is 4.79 Å². The van der Waals surface area contributed by atoms with Crippen LogP contribution in [0.25, 0.3) is 0 Å². The molecule has 0 heterocycles. The highest BCUT2D eigenvalue weighted by Crippen LogP contribution is 2.25. The summed E-state index contributed by atoms with van der Waals surface area (Å²) in [6.07, 6.45) is 1.87. The SMILES string of the molecule is NCCCCC(=O)Nc1c(F)cccc1Br. The molecule has 3 N–H and O–H groups in total. The van der Waals surface area contributed by atoms with Gasteiger partial charge in [-0.15, -0.1) is 0 Å². The Kier molecular flexibility index (Phi) is 5.42. The maximum atomic E-state index is 13.3. The Labute approximate surface area is 102 Å². The van der Waals surface area contributed by atoms with E-state index in [4.69, 9.17) is 5.73 Å². The fraction of sp³-hybridized carbons (Fsp3) is 0.364. The first-order chi connectivity index (χ1) is 7.65. The van der Waals surface area contributed by atoms with Crippen molar-refractivity contribution in [1.29, 1.82) is 0 Å². The van der Waals surface area contributed by atoms with E-state index >= 15 is 0 Å². The number of benzene rings is 1. The number of unbranched alkanes of at least 4 members (excludes halogenated alkanes) is 1. The van der Waals surface area contributed by atoms with E-state index in [1.807, 2.05) is 0 Å². The van der Waals surface area contributed by atoms with Crippen LogP contribution in [-0.4, -0.2) is 12.5 Å². The Morgan fingerprint density at radius 3 is 2.81 bits per heavy atom. The molecule has 0 bridgehead atoms. The molecule has 1 aromatic carbocycles. The molecule has 0 aromatic heterocycles. The number of hydrogen-bond donors (Lipinski definition) is 2. The lowest BCUT2D eigenvalue weighted by atomic mass is 10.2. The van der Waals surface area contributed by atoms with Gasteiger partial charge >= 0.3 is 0 Å². The number of carbonyl (C=O) groups is 1. The van der Waals surface area contributed by atoms with Gasteiger partial charge in [-0.05, 0) is 47.4 Å². The minimum atomic E-state index is -0.443. The molecule has 0 aliphatic rings. The second-order valence-electron chi connectivity index (χ2n) is 3.39. The number of para-hydroxylation sites is 1. The lowest BCUT2D eigenvalue weighted by molar-refractivity contribution is -0.116. The molecule has 0 fully saturated rings. The highest BCUT2D eigenvalue weighted by atomic mass is 79.9. The number of rotatable bonds is 5. The molecule has 0 aliphatic heterocycles. The summed E-state index contributed by atoms with van der Waals surface area (Å²) in [4.78, 5) is 11.5. The number of amides is 1. The molecule has 1 rings (SSSR count).